The quantitative estimate of drug-likeness (QED) is 0.800. The summed E-state index contributed by atoms with van der Waals surface area (Å²) in [6.07, 6.45) is 1.19. The SMILES string of the molecule is C=C(c1ccccc1)c1cc(OC)c(OC)cc1CC=O.CC.CO. The normalized spacial score (nSPS) is 8.88. The summed E-state index contributed by atoms with van der Waals surface area (Å²) in [6.45, 7) is 8.16. The molecule has 2 rings (SSSR count). The van der Waals surface area contributed by atoms with E-state index in [9.17, 15) is 4.79 Å². The number of rotatable bonds is 6. The second-order valence-electron chi connectivity index (χ2n) is 4.58. The highest BCUT2D eigenvalue weighted by Gasteiger charge is 2.14. The molecule has 0 unspecified atom stereocenters. The third-order valence-corrected chi connectivity index (χ3v) is 3.36. The number of aliphatic hydroxyl groups excluding tert-OH is 1. The number of methoxy groups -OCH3 is 2. The Morgan fingerprint density at radius 1 is 1.04 bits per heavy atom. The topological polar surface area (TPSA) is 55.8 Å². The van der Waals surface area contributed by atoms with Crippen LogP contribution in [0.4, 0.5) is 0 Å². The summed E-state index contributed by atoms with van der Waals surface area (Å²) in [4.78, 5) is 10.9. The Labute approximate surface area is 150 Å². The van der Waals surface area contributed by atoms with E-state index in [-0.39, 0.29) is 0 Å². The van der Waals surface area contributed by atoms with Crippen molar-refractivity contribution in [1.29, 1.82) is 0 Å². The van der Waals surface area contributed by atoms with Crippen molar-refractivity contribution in [3.63, 3.8) is 0 Å². The molecule has 0 radical (unpaired) electrons. The molecule has 0 saturated heterocycles. The van der Waals surface area contributed by atoms with E-state index in [0.29, 0.717) is 17.9 Å². The van der Waals surface area contributed by atoms with Crippen molar-refractivity contribution < 1.29 is 19.4 Å². The number of aldehydes is 1. The lowest BCUT2D eigenvalue weighted by atomic mass is 9.93. The van der Waals surface area contributed by atoms with E-state index in [1.165, 1.54) is 0 Å². The van der Waals surface area contributed by atoms with E-state index in [1.807, 2.05) is 56.3 Å². The molecule has 0 aliphatic carbocycles. The molecule has 0 aliphatic heterocycles. The Bertz CT molecular complexity index is 648. The zero-order valence-corrected chi connectivity index (χ0v) is 15.7. The first-order valence-corrected chi connectivity index (χ1v) is 8.09. The van der Waals surface area contributed by atoms with Crippen molar-refractivity contribution in [2.75, 3.05) is 21.3 Å². The molecule has 25 heavy (non-hydrogen) atoms. The summed E-state index contributed by atoms with van der Waals surface area (Å²) in [5.74, 6) is 1.23. The van der Waals surface area contributed by atoms with Crippen LogP contribution in [0.25, 0.3) is 5.57 Å². The van der Waals surface area contributed by atoms with E-state index in [1.54, 1.807) is 14.2 Å². The minimum atomic E-state index is 0.307. The molecule has 1 N–H and O–H groups in total. The smallest absolute Gasteiger partial charge is 0.161 e. The summed E-state index contributed by atoms with van der Waals surface area (Å²) in [7, 11) is 4.17. The van der Waals surface area contributed by atoms with Crippen molar-refractivity contribution in [2.24, 2.45) is 0 Å². The van der Waals surface area contributed by atoms with Gasteiger partial charge in [-0.2, -0.15) is 0 Å². The largest absolute Gasteiger partial charge is 0.493 e. The van der Waals surface area contributed by atoms with Gasteiger partial charge in [0.15, 0.2) is 11.5 Å². The molecule has 0 spiro atoms. The maximum atomic E-state index is 10.9. The Balaban J connectivity index is 0.00000134. The zero-order chi connectivity index (χ0) is 19.2. The highest BCUT2D eigenvalue weighted by atomic mass is 16.5. The van der Waals surface area contributed by atoms with Crippen molar-refractivity contribution >= 4 is 11.9 Å². The molecule has 136 valence electrons. The summed E-state index contributed by atoms with van der Waals surface area (Å²) in [6, 6.07) is 13.6. The van der Waals surface area contributed by atoms with Gasteiger partial charge in [0.1, 0.15) is 6.29 Å². The first-order chi connectivity index (χ1) is 12.2. The van der Waals surface area contributed by atoms with Gasteiger partial charge in [0.25, 0.3) is 0 Å². The van der Waals surface area contributed by atoms with Crippen LogP contribution >= 0.6 is 0 Å². The standard InChI is InChI=1S/C18H18O3.C2H6.CH4O/c1-13(14-7-5-4-6-8-14)16-12-18(21-3)17(20-2)11-15(16)9-10-19;2*1-2/h4-8,10-12H,1,9H2,2-3H3;1-2H3;2H,1H3. The minimum Gasteiger partial charge on any atom is -0.493 e. The molecule has 0 atom stereocenters. The number of carbonyl (C=O) groups excluding carboxylic acids is 1. The van der Waals surface area contributed by atoms with Crippen molar-refractivity contribution in [3.8, 4) is 11.5 Å². The molecule has 0 aliphatic rings. The monoisotopic (exact) mass is 344 g/mol. The Hall–Kier alpha value is -2.59. The van der Waals surface area contributed by atoms with Crippen LogP contribution in [0.15, 0.2) is 49.0 Å². The van der Waals surface area contributed by atoms with Gasteiger partial charge in [-0.25, -0.2) is 0 Å². The average Bonchev–Trinajstić information content (AvgIpc) is 2.71. The Morgan fingerprint density at radius 3 is 2.04 bits per heavy atom. The lowest BCUT2D eigenvalue weighted by molar-refractivity contribution is -0.107. The third-order valence-electron chi connectivity index (χ3n) is 3.36. The van der Waals surface area contributed by atoms with Crippen LogP contribution in [-0.4, -0.2) is 32.7 Å². The fraction of sp³-hybridized carbons (Fsp3) is 0.286. The first kappa shape index (κ1) is 22.4. The van der Waals surface area contributed by atoms with Crippen LogP contribution in [0.1, 0.15) is 30.5 Å². The van der Waals surface area contributed by atoms with Crippen LogP contribution in [0.3, 0.4) is 0 Å². The molecule has 0 fully saturated rings. The maximum Gasteiger partial charge on any atom is 0.161 e. The number of hydrogen-bond acceptors (Lipinski definition) is 4. The molecule has 0 heterocycles. The average molecular weight is 344 g/mol. The van der Waals surface area contributed by atoms with Gasteiger partial charge in [-0.1, -0.05) is 50.8 Å². The highest BCUT2D eigenvalue weighted by Crippen LogP contribution is 2.35. The maximum absolute atomic E-state index is 10.9. The van der Waals surface area contributed by atoms with Crippen molar-refractivity contribution in [2.45, 2.75) is 20.3 Å². The van der Waals surface area contributed by atoms with Gasteiger partial charge in [-0.15, -0.1) is 0 Å². The molecule has 2 aromatic rings. The van der Waals surface area contributed by atoms with E-state index < -0.39 is 0 Å². The minimum absolute atomic E-state index is 0.307. The van der Waals surface area contributed by atoms with Crippen LogP contribution in [0, 0.1) is 0 Å². The second-order valence-corrected chi connectivity index (χ2v) is 4.58. The summed E-state index contributed by atoms with van der Waals surface area (Å²) >= 11 is 0. The molecule has 4 nitrogen and oxygen atoms in total. The van der Waals surface area contributed by atoms with Gasteiger partial charge in [0.2, 0.25) is 0 Å². The highest BCUT2D eigenvalue weighted by molar-refractivity contribution is 5.82. The van der Waals surface area contributed by atoms with Crippen molar-refractivity contribution in [1.82, 2.24) is 0 Å². The van der Waals surface area contributed by atoms with Crippen LogP contribution in [-0.2, 0) is 11.2 Å². The van der Waals surface area contributed by atoms with Gasteiger partial charge in [-0.3, -0.25) is 0 Å². The molecular formula is C21H28O4. The van der Waals surface area contributed by atoms with Gasteiger partial charge < -0.3 is 19.4 Å². The first-order valence-electron chi connectivity index (χ1n) is 8.09. The van der Waals surface area contributed by atoms with Gasteiger partial charge in [-0.05, 0) is 34.4 Å². The van der Waals surface area contributed by atoms with E-state index in [0.717, 1.165) is 35.7 Å². The Morgan fingerprint density at radius 2 is 1.56 bits per heavy atom. The predicted octanol–water partition coefficient (Wildman–Crippen LogP) is 4.14. The lowest BCUT2D eigenvalue weighted by Gasteiger charge is -2.15. The number of aliphatic hydroxyl groups is 1. The zero-order valence-electron chi connectivity index (χ0n) is 15.7. The van der Waals surface area contributed by atoms with Crippen LogP contribution in [0.5, 0.6) is 11.5 Å². The predicted molar refractivity (Wildman–Crippen MR) is 103 cm³/mol. The van der Waals surface area contributed by atoms with E-state index in [4.69, 9.17) is 14.6 Å². The summed E-state index contributed by atoms with van der Waals surface area (Å²) in [5, 5.41) is 7.00. The summed E-state index contributed by atoms with van der Waals surface area (Å²) in [5.41, 5.74) is 3.63. The molecule has 0 aromatic heterocycles. The van der Waals surface area contributed by atoms with E-state index >= 15 is 0 Å². The van der Waals surface area contributed by atoms with Crippen molar-refractivity contribution in [3.05, 3.63) is 65.7 Å². The molecule has 2 aromatic carbocycles. The van der Waals surface area contributed by atoms with E-state index in [2.05, 4.69) is 6.58 Å². The van der Waals surface area contributed by atoms with Gasteiger partial charge in [0, 0.05) is 13.5 Å². The second kappa shape index (κ2) is 12.8. The third kappa shape index (κ3) is 6.08. The molecule has 0 amide bonds. The number of benzene rings is 2. The van der Waals surface area contributed by atoms with Crippen LogP contribution in [0.2, 0.25) is 0 Å². The molecule has 0 bridgehead atoms. The number of carbonyl (C=O) groups is 1. The molecule has 4 heteroatoms. The number of ether oxygens (including phenoxy) is 2. The fourth-order valence-electron chi connectivity index (χ4n) is 2.26. The van der Waals surface area contributed by atoms with Gasteiger partial charge >= 0.3 is 0 Å². The summed E-state index contributed by atoms with van der Waals surface area (Å²) < 4.78 is 10.6. The molecule has 0 saturated carbocycles. The fourth-order valence-corrected chi connectivity index (χ4v) is 2.26. The van der Waals surface area contributed by atoms with Crippen LogP contribution < -0.4 is 9.47 Å². The number of hydrogen-bond donors (Lipinski definition) is 1. The Kier molecular flexibility index (Phi) is 11.5. The molecular weight excluding hydrogens is 316 g/mol. The van der Waals surface area contributed by atoms with Gasteiger partial charge in [0.05, 0.1) is 14.2 Å². The lowest BCUT2D eigenvalue weighted by Crippen LogP contribution is -2.00.